The first kappa shape index (κ1) is 19.1. The van der Waals surface area contributed by atoms with Gasteiger partial charge in [-0.15, -0.1) is 5.10 Å². The van der Waals surface area contributed by atoms with E-state index in [4.69, 9.17) is 0 Å². The van der Waals surface area contributed by atoms with Gasteiger partial charge in [-0.1, -0.05) is 26.7 Å². The summed E-state index contributed by atoms with van der Waals surface area (Å²) in [5.41, 5.74) is 1.90. The van der Waals surface area contributed by atoms with E-state index in [9.17, 15) is 25.2 Å². The average molecular weight is 368 g/mol. The Kier molecular flexibility index (Phi) is 5.42. The van der Waals surface area contributed by atoms with Crippen molar-refractivity contribution < 1.29 is 26.6 Å². The fourth-order valence-electron chi connectivity index (χ4n) is 1.53. The maximum atomic E-state index is 9.87. The molecule has 2 heterocycles. The van der Waals surface area contributed by atoms with E-state index in [1.165, 1.54) is 25.9 Å². The number of benzene rings is 1. The number of hydrogen-bond donors (Lipinski definition) is 1. The molecule has 0 spiro atoms. The van der Waals surface area contributed by atoms with Crippen LogP contribution in [0.15, 0.2) is 24.3 Å². The molecule has 0 radical (unpaired) electrons. The van der Waals surface area contributed by atoms with Crippen LogP contribution in [-0.4, -0.2) is 33.2 Å². The number of para-hydroxylation sites is 1. The molecule has 22 heavy (non-hydrogen) atoms. The third kappa shape index (κ3) is 11.7. The van der Waals surface area contributed by atoms with Gasteiger partial charge in [-0.2, -0.15) is 0 Å². The molecule has 1 aliphatic heterocycles. The van der Waals surface area contributed by atoms with Gasteiger partial charge in [0, 0.05) is 13.1 Å². The molecular weight excluding hydrogens is 352 g/mol. The van der Waals surface area contributed by atoms with Crippen LogP contribution < -0.4 is 0 Å². The number of aromatic nitrogens is 3. The van der Waals surface area contributed by atoms with Crippen molar-refractivity contribution >= 4 is 28.2 Å². The summed E-state index contributed by atoms with van der Waals surface area (Å²) in [6, 6.07) is 7.74. The molecule has 2 aromatic rings. The summed E-state index contributed by atoms with van der Waals surface area (Å²) < 4.78 is 61.5. The molecule has 1 N–H and O–H groups in total. The minimum atomic E-state index is -10.7. The molecule has 0 saturated carbocycles. The van der Waals surface area contributed by atoms with E-state index in [0.29, 0.717) is 0 Å². The second-order valence-corrected chi connectivity index (χ2v) is 7.18. The normalized spacial score (nSPS) is 18.5. The van der Waals surface area contributed by atoms with Gasteiger partial charge in [-0.3, -0.25) is 9.77 Å². The molecular formula is C10H16F6N4P2. The number of H-pyrrole nitrogens is 1. The maximum Gasteiger partial charge on any atom is 1.00 e. The fourth-order valence-corrected chi connectivity index (χ4v) is 1.89. The van der Waals surface area contributed by atoms with Gasteiger partial charge >= 0.3 is 34.4 Å². The Morgan fingerprint density at radius 1 is 1.05 bits per heavy atom. The zero-order chi connectivity index (χ0) is 16.9. The molecule has 0 aliphatic carbocycles. The van der Waals surface area contributed by atoms with E-state index < -0.39 is 7.81 Å². The van der Waals surface area contributed by atoms with Crippen molar-refractivity contribution in [1.29, 1.82) is 0 Å². The Hall–Kier alpha value is -0.980. The summed E-state index contributed by atoms with van der Waals surface area (Å²) in [6.45, 7) is 2.56. The fraction of sp³-hybridized carbons (Fsp3) is 0.400. The first-order valence-electron chi connectivity index (χ1n) is 6.13. The standard InChI is InChI=1S/C6H5N3.C4H10NP.F6P/c1-2-4-6-5(3-1)7-9-8-6;6-5-3-1-2-4-5;1-7(2,3,4,5)6/h1-4H,(H,7,8,9);1-4,6H2;/q;;-1/p+1. The summed E-state index contributed by atoms with van der Waals surface area (Å²) in [5, 5.41) is 10.2. The van der Waals surface area contributed by atoms with Crippen LogP contribution in [0.2, 0.25) is 0 Å². The van der Waals surface area contributed by atoms with Crippen LogP contribution in [0.5, 0.6) is 0 Å². The summed E-state index contributed by atoms with van der Waals surface area (Å²) >= 11 is 0. The van der Waals surface area contributed by atoms with Crippen LogP contribution in [0.3, 0.4) is 0 Å². The molecule has 1 aliphatic rings. The Labute approximate surface area is 126 Å². The number of aromatic amines is 1. The first-order valence-corrected chi connectivity index (χ1v) is 8.67. The zero-order valence-electron chi connectivity index (χ0n) is 12.3. The molecule has 12 heteroatoms. The van der Waals surface area contributed by atoms with Gasteiger partial charge in [0.2, 0.25) is 0 Å². The van der Waals surface area contributed by atoms with Gasteiger partial charge in [0.25, 0.3) is 0 Å². The molecule has 0 amide bonds. The topological polar surface area (TPSA) is 44.8 Å². The van der Waals surface area contributed by atoms with Gasteiger partial charge in [0.05, 0.1) is 5.52 Å². The van der Waals surface area contributed by atoms with E-state index in [2.05, 4.69) is 29.5 Å². The predicted molar refractivity (Wildman–Crippen MR) is 79.1 cm³/mol. The number of fused-ring (bicyclic) bond motifs is 1. The Bertz CT molecular complexity index is 558. The summed E-state index contributed by atoms with van der Waals surface area (Å²) in [7, 11) is -7.95. The van der Waals surface area contributed by atoms with Gasteiger partial charge in [-0.05, 0) is 25.0 Å². The molecule has 0 bridgehead atoms. The van der Waals surface area contributed by atoms with E-state index >= 15 is 0 Å². The third-order valence-corrected chi connectivity index (χ3v) is 2.89. The molecule has 4 nitrogen and oxygen atoms in total. The minimum Gasteiger partial charge on any atom is -0.287 e. The number of halogens is 6. The number of nitrogens with zero attached hydrogens (tertiary/aromatic N) is 3. The molecule has 1 aromatic carbocycles. The molecule has 1 saturated heterocycles. The number of nitrogens with one attached hydrogen (secondary N) is 1. The van der Waals surface area contributed by atoms with Gasteiger partial charge in [0.15, 0.2) is 0 Å². The molecule has 1 atom stereocenters. The zero-order valence-corrected chi connectivity index (χ0v) is 13.3. The Balaban J connectivity index is 0.000000317. The molecule has 128 valence electrons. The van der Waals surface area contributed by atoms with Crippen molar-refractivity contribution in [1.82, 2.24) is 20.1 Å². The van der Waals surface area contributed by atoms with Crippen molar-refractivity contribution in [2.75, 3.05) is 13.1 Å². The van der Waals surface area contributed by atoms with Gasteiger partial charge in [-0.25, -0.2) is 0 Å². The van der Waals surface area contributed by atoms with Crippen LogP contribution in [-0.2, 0) is 0 Å². The number of hydrogen-bond acceptors (Lipinski definition) is 3. The van der Waals surface area contributed by atoms with E-state index in [-0.39, 0.29) is 1.43 Å². The molecule has 1 unspecified atom stereocenters. The predicted octanol–water partition coefficient (Wildman–Crippen LogP) is 5.33. The second kappa shape index (κ2) is 6.26. The molecule has 1 aromatic heterocycles. The smallest absolute Gasteiger partial charge is 0.287 e. The Morgan fingerprint density at radius 3 is 1.95 bits per heavy atom. The van der Waals surface area contributed by atoms with Crippen LogP contribution >= 0.6 is 17.2 Å². The third-order valence-electron chi connectivity index (χ3n) is 2.37. The summed E-state index contributed by atoms with van der Waals surface area (Å²) in [5.74, 6) is 0. The van der Waals surface area contributed by atoms with Crippen molar-refractivity contribution in [3.05, 3.63) is 24.3 Å². The monoisotopic (exact) mass is 368 g/mol. The van der Waals surface area contributed by atoms with Crippen molar-refractivity contribution in [3.8, 4) is 0 Å². The Morgan fingerprint density at radius 2 is 1.55 bits per heavy atom. The quantitative estimate of drug-likeness (QED) is 0.505. The largest absolute Gasteiger partial charge is 1.00 e. The van der Waals surface area contributed by atoms with E-state index in [1.807, 2.05) is 24.3 Å². The van der Waals surface area contributed by atoms with Crippen molar-refractivity contribution in [2.45, 2.75) is 12.8 Å². The average Bonchev–Trinajstić information content (AvgIpc) is 2.95. The SMILES string of the molecule is F[P-](F)(F)(F)(F)F.PN1CCCC1.[H+].c1ccc2[nH]nnc2c1. The minimum absolute atomic E-state index is 0. The molecule has 1 fully saturated rings. The summed E-state index contributed by atoms with van der Waals surface area (Å²) in [4.78, 5) is 0. The maximum absolute atomic E-state index is 10.7. The van der Waals surface area contributed by atoms with Crippen molar-refractivity contribution in [2.24, 2.45) is 0 Å². The van der Waals surface area contributed by atoms with Crippen LogP contribution in [0.4, 0.5) is 25.2 Å². The molecule has 3 rings (SSSR count). The van der Waals surface area contributed by atoms with Crippen LogP contribution in [0.1, 0.15) is 14.3 Å². The summed E-state index contributed by atoms with van der Waals surface area (Å²) in [6.07, 6.45) is 2.78. The van der Waals surface area contributed by atoms with E-state index in [1.54, 1.807) is 0 Å². The van der Waals surface area contributed by atoms with Crippen LogP contribution in [0, 0.1) is 0 Å². The number of rotatable bonds is 0. The van der Waals surface area contributed by atoms with Gasteiger partial charge < -0.3 is 0 Å². The second-order valence-electron chi connectivity index (χ2n) is 4.53. The van der Waals surface area contributed by atoms with Crippen LogP contribution in [0.25, 0.3) is 11.0 Å². The first-order chi connectivity index (χ1) is 9.81. The van der Waals surface area contributed by atoms with Gasteiger partial charge in [0.1, 0.15) is 5.52 Å². The van der Waals surface area contributed by atoms with Crippen molar-refractivity contribution in [3.63, 3.8) is 0 Å². The van der Waals surface area contributed by atoms with E-state index in [0.717, 1.165) is 11.0 Å².